The molecule has 0 radical (unpaired) electrons. The molecule has 0 spiro atoms. The molecule has 1 saturated heterocycles. The second-order valence-corrected chi connectivity index (χ2v) is 6.25. The second kappa shape index (κ2) is 7.12. The zero-order valence-electron chi connectivity index (χ0n) is 15.5. The number of methoxy groups -OCH3 is 3. The Labute approximate surface area is 153 Å². The minimum absolute atomic E-state index is 0.0352. The highest BCUT2D eigenvalue weighted by Crippen LogP contribution is 2.43. The highest BCUT2D eigenvalue weighted by atomic mass is 16.5. The number of hydrogen-bond donors (Lipinski definition) is 0. The van der Waals surface area contributed by atoms with Gasteiger partial charge in [0.1, 0.15) is 0 Å². The molecular weight excluding hydrogens is 330 g/mol. The van der Waals surface area contributed by atoms with Gasteiger partial charge in [-0.25, -0.2) is 0 Å². The summed E-state index contributed by atoms with van der Waals surface area (Å²) < 4.78 is 16.2. The third-order valence-electron chi connectivity index (χ3n) is 4.74. The summed E-state index contributed by atoms with van der Waals surface area (Å²) in [6.45, 7) is 6.45. The lowest BCUT2D eigenvalue weighted by Gasteiger charge is -2.43. The summed E-state index contributed by atoms with van der Waals surface area (Å²) in [5, 5.41) is 0. The van der Waals surface area contributed by atoms with E-state index in [1.165, 1.54) is 0 Å². The van der Waals surface area contributed by atoms with Gasteiger partial charge in [0.15, 0.2) is 11.5 Å². The van der Waals surface area contributed by atoms with Gasteiger partial charge in [0.25, 0.3) is 5.91 Å². The molecule has 0 bridgehead atoms. The van der Waals surface area contributed by atoms with Crippen molar-refractivity contribution in [2.24, 2.45) is 0 Å². The average molecular weight is 353 g/mol. The first kappa shape index (κ1) is 17.9. The normalized spacial score (nSPS) is 16.3. The van der Waals surface area contributed by atoms with Gasteiger partial charge in [0, 0.05) is 12.1 Å². The fraction of sp³-hybridized carbons (Fsp3) is 0.286. The summed E-state index contributed by atoms with van der Waals surface area (Å²) in [5.74, 6) is 1.64. The minimum atomic E-state index is -0.109. The lowest BCUT2D eigenvalue weighted by Crippen LogP contribution is -2.48. The molecule has 1 heterocycles. The first-order chi connectivity index (χ1) is 12.5. The Kier molecular flexibility index (Phi) is 4.89. The van der Waals surface area contributed by atoms with Crippen LogP contribution in [0.3, 0.4) is 0 Å². The van der Waals surface area contributed by atoms with Crippen LogP contribution in [0.4, 0.5) is 0 Å². The van der Waals surface area contributed by atoms with Crippen molar-refractivity contribution in [1.29, 1.82) is 0 Å². The Morgan fingerprint density at radius 1 is 1.04 bits per heavy atom. The first-order valence-corrected chi connectivity index (χ1v) is 8.36. The number of ether oxygens (including phenoxy) is 3. The van der Waals surface area contributed by atoms with Crippen molar-refractivity contribution in [2.75, 3.05) is 21.3 Å². The van der Waals surface area contributed by atoms with Gasteiger partial charge in [-0.3, -0.25) is 4.79 Å². The monoisotopic (exact) mass is 353 g/mol. The molecule has 0 aliphatic carbocycles. The molecule has 1 aliphatic heterocycles. The summed E-state index contributed by atoms with van der Waals surface area (Å²) in [4.78, 5) is 14.2. The van der Waals surface area contributed by atoms with Crippen LogP contribution in [-0.4, -0.2) is 32.1 Å². The second-order valence-electron chi connectivity index (χ2n) is 6.25. The Bertz CT molecular complexity index is 834. The van der Waals surface area contributed by atoms with Crippen LogP contribution in [0.5, 0.6) is 17.2 Å². The quantitative estimate of drug-likeness (QED) is 0.587. The van der Waals surface area contributed by atoms with Gasteiger partial charge in [0.05, 0.1) is 27.4 Å². The molecule has 1 amide bonds. The number of carbonyl (C=O) groups is 1. The number of benzene rings is 2. The average Bonchev–Trinajstić information content (AvgIpc) is 2.67. The van der Waals surface area contributed by atoms with Crippen molar-refractivity contribution >= 4 is 5.91 Å². The van der Waals surface area contributed by atoms with Crippen LogP contribution in [0.1, 0.15) is 22.7 Å². The van der Waals surface area contributed by atoms with Crippen LogP contribution in [-0.2, 0) is 11.3 Å². The predicted molar refractivity (Wildman–Crippen MR) is 99.7 cm³/mol. The number of amides is 1. The van der Waals surface area contributed by atoms with Crippen molar-refractivity contribution in [1.82, 2.24) is 4.90 Å². The van der Waals surface area contributed by atoms with E-state index in [0.717, 1.165) is 16.7 Å². The van der Waals surface area contributed by atoms with Crippen molar-refractivity contribution in [3.05, 3.63) is 65.2 Å². The molecule has 136 valence electrons. The molecule has 0 N–H and O–H groups in total. The van der Waals surface area contributed by atoms with Gasteiger partial charge in [-0.1, -0.05) is 30.8 Å². The van der Waals surface area contributed by atoms with Crippen LogP contribution < -0.4 is 14.2 Å². The Balaban J connectivity index is 1.94. The SMILES string of the molecule is C=C1C(=O)N(Cc2cc(OC)c(OC)c(OC)c2)[C@H]1c1ccccc1C. The van der Waals surface area contributed by atoms with E-state index in [1.807, 2.05) is 48.2 Å². The Morgan fingerprint density at radius 2 is 1.65 bits per heavy atom. The lowest BCUT2D eigenvalue weighted by atomic mass is 9.86. The maximum absolute atomic E-state index is 12.4. The maximum atomic E-state index is 12.4. The minimum Gasteiger partial charge on any atom is -0.493 e. The molecule has 1 aliphatic rings. The molecule has 2 aromatic rings. The highest BCUT2D eigenvalue weighted by molar-refractivity contribution is 6.01. The van der Waals surface area contributed by atoms with Crippen LogP contribution in [0.2, 0.25) is 0 Å². The van der Waals surface area contributed by atoms with Crippen molar-refractivity contribution in [3.8, 4) is 17.2 Å². The van der Waals surface area contributed by atoms with E-state index < -0.39 is 0 Å². The Hall–Kier alpha value is -2.95. The molecule has 5 nitrogen and oxygen atoms in total. The van der Waals surface area contributed by atoms with Gasteiger partial charge in [0.2, 0.25) is 5.75 Å². The molecule has 3 rings (SSSR count). The molecule has 26 heavy (non-hydrogen) atoms. The zero-order chi connectivity index (χ0) is 18.8. The van der Waals surface area contributed by atoms with Crippen molar-refractivity contribution < 1.29 is 19.0 Å². The van der Waals surface area contributed by atoms with Crippen molar-refractivity contribution in [3.63, 3.8) is 0 Å². The van der Waals surface area contributed by atoms with Crippen LogP contribution >= 0.6 is 0 Å². The maximum Gasteiger partial charge on any atom is 0.252 e. The smallest absolute Gasteiger partial charge is 0.252 e. The standard InChI is InChI=1S/C21H23NO4/c1-13-8-6-7-9-16(13)19-14(2)21(23)22(19)12-15-10-17(24-3)20(26-5)18(11-15)25-4/h6-11,19H,2,12H2,1,3-5H3/t19-/m1/s1. The van der Waals surface area contributed by atoms with E-state index in [1.54, 1.807) is 21.3 Å². The van der Waals surface area contributed by atoms with Gasteiger partial charge in [-0.2, -0.15) is 0 Å². The molecule has 0 aromatic heterocycles. The molecule has 0 unspecified atom stereocenters. The summed E-state index contributed by atoms with van der Waals surface area (Å²) in [7, 11) is 4.72. The topological polar surface area (TPSA) is 48.0 Å². The number of nitrogens with zero attached hydrogens (tertiary/aromatic N) is 1. The van der Waals surface area contributed by atoms with Gasteiger partial charge >= 0.3 is 0 Å². The molecule has 1 atom stereocenters. The molecule has 5 heteroatoms. The largest absolute Gasteiger partial charge is 0.493 e. The summed E-state index contributed by atoms with van der Waals surface area (Å²) in [6.07, 6.45) is 0. The zero-order valence-corrected chi connectivity index (χ0v) is 15.5. The number of likely N-dealkylation sites (tertiary alicyclic amines) is 1. The van der Waals surface area contributed by atoms with E-state index >= 15 is 0 Å². The predicted octanol–water partition coefficient (Wildman–Crippen LogP) is 3.66. The van der Waals surface area contributed by atoms with E-state index in [4.69, 9.17) is 14.2 Å². The van der Waals surface area contributed by atoms with Crippen LogP contribution in [0.25, 0.3) is 0 Å². The molecular formula is C21H23NO4. The third-order valence-corrected chi connectivity index (χ3v) is 4.74. The molecule has 2 aromatic carbocycles. The fourth-order valence-electron chi connectivity index (χ4n) is 3.38. The van der Waals surface area contributed by atoms with E-state index in [2.05, 4.69) is 6.58 Å². The first-order valence-electron chi connectivity index (χ1n) is 8.36. The van der Waals surface area contributed by atoms with E-state index in [0.29, 0.717) is 29.4 Å². The summed E-state index contributed by atoms with van der Waals surface area (Å²) in [6, 6.07) is 11.7. The number of rotatable bonds is 6. The number of β-lactam (4-membered cyclic amide) rings is 1. The van der Waals surface area contributed by atoms with Crippen LogP contribution in [0.15, 0.2) is 48.6 Å². The third kappa shape index (κ3) is 2.90. The number of carbonyl (C=O) groups excluding carboxylic acids is 1. The molecule has 1 fully saturated rings. The van der Waals surface area contributed by atoms with Gasteiger partial charge < -0.3 is 19.1 Å². The van der Waals surface area contributed by atoms with Gasteiger partial charge in [-0.05, 0) is 35.7 Å². The Morgan fingerprint density at radius 3 is 2.19 bits per heavy atom. The summed E-state index contributed by atoms with van der Waals surface area (Å²) in [5.41, 5.74) is 3.76. The molecule has 0 saturated carbocycles. The van der Waals surface area contributed by atoms with E-state index in [-0.39, 0.29) is 11.9 Å². The fourth-order valence-corrected chi connectivity index (χ4v) is 3.38. The van der Waals surface area contributed by atoms with Gasteiger partial charge in [-0.15, -0.1) is 0 Å². The summed E-state index contributed by atoms with van der Waals surface area (Å²) >= 11 is 0. The van der Waals surface area contributed by atoms with E-state index in [9.17, 15) is 4.79 Å². The van der Waals surface area contributed by atoms with Crippen molar-refractivity contribution in [2.45, 2.75) is 19.5 Å². The number of aryl methyl sites for hydroxylation is 1. The lowest BCUT2D eigenvalue weighted by molar-refractivity contribution is -0.138. The van der Waals surface area contributed by atoms with Crippen LogP contribution in [0, 0.1) is 6.92 Å². The highest BCUT2D eigenvalue weighted by Gasteiger charge is 2.42. The number of hydrogen-bond acceptors (Lipinski definition) is 4.